The van der Waals surface area contributed by atoms with Gasteiger partial charge >= 0.3 is 0 Å². The molecule has 0 amide bonds. The van der Waals surface area contributed by atoms with E-state index < -0.39 is 10.0 Å². The zero-order valence-electron chi connectivity index (χ0n) is 15.6. The van der Waals surface area contributed by atoms with Gasteiger partial charge in [0.25, 0.3) is 0 Å². The van der Waals surface area contributed by atoms with Gasteiger partial charge in [0.1, 0.15) is 10.6 Å². The number of benzene rings is 2. The van der Waals surface area contributed by atoms with E-state index in [1.165, 1.54) is 0 Å². The molecule has 3 rings (SSSR count). The van der Waals surface area contributed by atoms with Crippen molar-refractivity contribution in [2.75, 3.05) is 37.7 Å². The lowest BCUT2D eigenvalue weighted by Crippen LogP contribution is -2.48. The quantitative estimate of drug-likeness (QED) is 0.806. The molecular formula is C20H26N2O3S. The molecule has 2 aromatic rings. The fraction of sp³-hybridized carbons (Fsp3) is 0.400. The minimum atomic E-state index is -3.58. The number of para-hydroxylation sites is 1. The highest BCUT2D eigenvalue weighted by atomic mass is 32.2. The Morgan fingerprint density at radius 3 is 2.19 bits per heavy atom. The van der Waals surface area contributed by atoms with Crippen LogP contribution in [0.15, 0.2) is 47.4 Å². The van der Waals surface area contributed by atoms with Crippen molar-refractivity contribution < 1.29 is 13.2 Å². The van der Waals surface area contributed by atoms with Crippen molar-refractivity contribution in [1.29, 1.82) is 0 Å². The van der Waals surface area contributed by atoms with Crippen LogP contribution in [-0.2, 0) is 10.0 Å². The number of rotatable bonds is 5. The highest BCUT2D eigenvalue weighted by molar-refractivity contribution is 7.89. The zero-order chi connectivity index (χ0) is 18.7. The molecule has 0 spiro atoms. The maximum atomic E-state index is 13.2. The van der Waals surface area contributed by atoms with E-state index in [1.54, 1.807) is 10.4 Å². The Bertz CT molecular complexity index is 858. The van der Waals surface area contributed by atoms with Crippen LogP contribution in [0.2, 0.25) is 0 Å². The van der Waals surface area contributed by atoms with Crippen LogP contribution in [0.4, 0.5) is 5.69 Å². The molecule has 0 aromatic heterocycles. The summed E-state index contributed by atoms with van der Waals surface area (Å²) in [6.07, 6.45) is 0. The van der Waals surface area contributed by atoms with Crippen LogP contribution >= 0.6 is 0 Å². The molecule has 140 valence electrons. The molecule has 0 unspecified atom stereocenters. The van der Waals surface area contributed by atoms with E-state index in [4.69, 9.17) is 4.74 Å². The summed E-state index contributed by atoms with van der Waals surface area (Å²) >= 11 is 0. The third-order valence-corrected chi connectivity index (χ3v) is 6.76. The highest BCUT2D eigenvalue weighted by Crippen LogP contribution is 2.31. The van der Waals surface area contributed by atoms with Gasteiger partial charge in [-0.05, 0) is 56.2 Å². The molecule has 5 nitrogen and oxygen atoms in total. The van der Waals surface area contributed by atoms with Gasteiger partial charge in [-0.25, -0.2) is 8.42 Å². The van der Waals surface area contributed by atoms with Crippen LogP contribution in [0.1, 0.15) is 18.1 Å². The Balaban J connectivity index is 1.83. The molecule has 0 N–H and O–H groups in total. The summed E-state index contributed by atoms with van der Waals surface area (Å²) in [5.74, 6) is 0.445. The minimum absolute atomic E-state index is 0.274. The lowest BCUT2D eigenvalue weighted by atomic mass is 10.1. The van der Waals surface area contributed by atoms with E-state index in [9.17, 15) is 8.42 Å². The van der Waals surface area contributed by atoms with E-state index in [1.807, 2.05) is 45.0 Å². The Hall–Kier alpha value is -2.05. The second-order valence-electron chi connectivity index (χ2n) is 6.54. The topological polar surface area (TPSA) is 49.9 Å². The molecule has 6 heteroatoms. The number of aryl methyl sites for hydroxylation is 2. The molecule has 1 heterocycles. The largest absolute Gasteiger partial charge is 0.492 e. The lowest BCUT2D eigenvalue weighted by molar-refractivity contribution is 0.327. The van der Waals surface area contributed by atoms with Gasteiger partial charge in [-0.15, -0.1) is 0 Å². The lowest BCUT2D eigenvalue weighted by Gasteiger charge is -2.35. The van der Waals surface area contributed by atoms with E-state index in [0.29, 0.717) is 38.5 Å². The van der Waals surface area contributed by atoms with Gasteiger partial charge < -0.3 is 9.64 Å². The van der Waals surface area contributed by atoms with Crippen molar-refractivity contribution in [3.05, 3.63) is 53.6 Å². The summed E-state index contributed by atoms with van der Waals surface area (Å²) in [7, 11) is -3.58. The SMILES string of the molecule is CCOc1cc(C)c(C)cc1S(=O)(=O)N1CCN(c2ccccc2)CC1. The van der Waals surface area contributed by atoms with Crippen molar-refractivity contribution in [3.8, 4) is 5.75 Å². The molecule has 0 bridgehead atoms. The number of hydrogen-bond acceptors (Lipinski definition) is 4. The van der Waals surface area contributed by atoms with Crippen LogP contribution in [0.25, 0.3) is 0 Å². The van der Waals surface area contributed by atoms with Crippen molar-refractivity contribution in [2.24, 2.45) is 0 Å². The van der Waals surface area contributed by atoms with Crippen molar-refractivity contribution in [3.63, 3.8) is 0 Å². The number of nitrogens with zero attached hydrogens (tertiary/aromatic N) is 2. The zero-order valence-corrected chi connectivity index (χ0v) is 16.4. The first-order valence-corrected chi connectivity index (χ1v) is 10.4. The third kappa shape index (κ3) is 3.71. The normalized spacial score (nSPS) is 15.9. The number of piperazine rings is 1. The van der Waals surface area contributed by atoms with Crippen LogP contribution < -0.4 is 9.64 Å². The first kappa shape index (κ1) is 18.7. The molecule has 0 radical (unpaired) electrons. The molecule has 0 saturated carbocycles. The molecule has 1 aliphatic heterocycles. The molecule has 1 saturated heterocycles. The molecule has 2 aromatic carbocycles. The van der Waals surface area contributed by atoms with Crippen molar-refractivity contribution in [1.82, 2.24) is 4.31 Å². The summed E-state index contributed by atoms with van der Waals surface area (Å²) in [6, 6.07) is 13.7. The molecule has 26 heavy (non-hydrogen) atoms. The number of anilines is 1. The van der Waals surface area contributed by atoms with E-state index in [-0.39, 0.29) is 4.90 Å². The minimum Gasteiger partial charge on any atom is -0.492 e. The smallest absolute Gasteiger partial charge is 0.246 e. The van der Waals surface area contributed by atoms with Crippen molar-refractivity contribution in [2.45, 2.75) is 25.7 Å². The van der Waals surface area contributed by atoms with Gasteiger partial charge in [-0.2, -0.15) is 4.31 Å². The average molecular weight is 375 g/mol. The number of sulfonamides is 1. The van der Waals surface area contributed by atoms with Gasteiger partial charge in [-0.3, -0.25) is 0 Å². The third-order valence-electron chi connectivity index (χ3n) is 4.84. The van der Waals surface area contributed by atoms with Crippen molar-refractivity contribution >= 4 is 15.7 Å². The molecular weight excluding hydrogens is 348 g/mol. The summed E-state index contributed by atoms with van der Waals surface area (Å²) in [5.41, 5.74) is 3.11. The van der Waals surface area contributed by atoms with Crippen LogP contribution in [-0.4, -0.2) is 45.5 Å². The summed E-state index contributed by atoms with van der Waals surface area (Å²) in [5, 5.41) is 0. The van der Waals surface area contributed by atoms with Gasteiger partial charge in [0, 0.05) is 31.9 Å². The fourth-order valence-corrected chi connectivity index (χ4v) is 4.82. The van der Waals surface area contributed by atoms with E-state index >= 15 is 0 Å². The van der Waals surface area contributed by atoms with Gasteiger partial charge in [0.15, 0.2) is 0 Å². The predicted octanol–water partition coefficient (Wildman–Crippen LogP) is 3.21. The molecule has 0 aliphatic carbocycles. The predicted molar refractivity (Wildman–Crippen MR) is 104 cm³/mol. The second-order valence-corrected chi connectivity index (χ2v) is 8.45. The Kier molecular flexibility index (Phi) is 5.53. The first-order chi connectivity index (χ1) is 12.4. The van der Waals surface area contributed by atoms with Gasteiger partial charge in [0.05, 0.1) is 6.61 Å². The van der Waals surface area contributed by atoms with E-state index in [0.717, 1.165) is 16.8 Å². The number of hydrogen-bond donors (Lipinski definition) is 0. The van der Waals surface area contributed by atoms with Gasteiger partial charge in [0.2, 0.25) is 10.0 Å². The molecule has 1 fully saturated rings. The summed E-state index contributed by atoms with van der Waals surface area (Å²) in [6.45, 7) is 8.49. The second kappa shape index (κ2) is 7.68. The van der Waals surface area contributed by atoms with Crippen LogP contribution in [0.5, 0.6) is 5.75 Å². The fourth-order valence-electron chi connectivity index (χ4n) is 3.20. The number of ether oxygens (including phenoxy) is 1. The monoisotopic (exact) mass is 374 g/mol. The Labute approximate surface area is 156 Å². The Morgan fingerprint density at radius 2 is 1.58 bits per heavy atom. The summed E-state index contributed by atoms with van der Waals surface area (Å²) in [4.78, 5) is 2.49. The molecule has 0 atom stereocenters. The standard InChI is InChI=1S/C20H26N2O3S/c1-4-25-19-14-16(2)17(3)15-20(19)26(23,24)22-12-10-21(11-13-22)18-8-6-5-7-9-18/h5-9,14-15H,4,10-13H2,1-3H3. The van der Waals surface area contributed by atoms with Gasteiger partial charge in [-0.1, -0.05) is 18.2 Å². The summed E-state index contributed by atoms with van der Waals surface area (Å²) < 4.78 is 33.6. The highest BCUT2D eigenvalue weighted by Gasteiger charge is 2.31. The molecule has 1 aliphatic rings. The first-order valence-electron chi connectivity index (χ1n) is 8.97. The van der Waals surface area contributed by atoms with Crippen LogP contribution in [0.3, 0.4) is 0 Å². The maximum Gasteiger partial charge on any atom is 0.246 e. The average Bonchev–Trinajstić information content (AvgIpc) is 2.65. The van der Waals surface area contributed by atoms with E-state index in [2.05, 4.69) is 17.0 Å². The maximum absolute atomic E-state index is 13.2. The van der Waals surface area contributed by atoms with Crippen LogP contribution in [0, 0.1) is 13.8 Å². The Morgan fingerprint density at radius 1 is 0.962 bits per heavy atom.